The van der Waals surface area contributed by atoms with Crippen LogP contribution in [0.5, 0.6) is 0 Å². The van der Waals surface area contributed by atoms with Crippen LogP contribution in [0.1, 0.15) is 45.4 Å². The molecule has 5 unspecified atom stereocenters. The van der Waals surface area contributed by atoms with Crippen LogP contribution in [0.15, 0.2) is 0 Å². The van der Waals surface area contributed by atoms with Gasteiger partial charge in [-0.1, -0.05) is 6.42 Å². The standard InChI is InChI=1S/C16H24F3NO2/c1-10-12-6-3-7-13(15(22)16(17,18)19)14(12)9-11(20(10)2)5-4-8-21/h8,10-14H,3-7,9H2,1-2H3. The lowest BCUT2D eigenvalue weighted by Crippen LogP contribution is -2.55. The number of carbonyl (C=O) groups is 2. The van der Waals surface area contributed by atoms with E-state index in [1.807, 2.05) is 14.0 Å². The highest BCUT2D eigenvalue weighted by molar-refractivity contribution is 5.86. The number of aldehydes is 1. The molecule has 1 saturated carbocycles. The Kier molecular flexibility index (Phi) is 5.30. The Hall–Kier alpha value is -0.910. The van der Waals surface area contributed by atoms with Crippen LogP contribution in [-0.4, -0.2) is 42.3 Å². The van der Waals surface area contributed by atoms with Gasteiger partial charge in [0.15, 0.2) is 0 Å². The van der Waals surface area contributed by atoms with E-state index < -0.39 is 17.9 Å². The maximum atomic E-state index is 12.9. The Balaban J connectivity index is 2.19. The Bertz CT molecular complexity index is 424. The Morgan fingerprint density at radius 3 is 2.55 bits per heavy atom. The van der Waals surface area contributed by atoms with Crippen LogP contribution < -0.4 is 0 Å². The van der Waals surface area contributed by atoms with E-state index in [0.717, 1.165) is 12.7 Å². The third-order valence-corrected chi connectivity index (χ3v) is 5.74. The number of ketones is 1. The Labute approximate surface area is 129 Å². The molecule has 0 bridgehead atoms. The first kappa shape index (κ1) is 17.4. The summed E-state index contributed by atoms with van der Waals surface area (Å²) in [5, 5.41) is 0. The van der Waals surface area contributed by atoms with Crippen molar-refractivity contribution in [2.45, 2.75) is 63.7 Å². The van der Waals surface area contributed by atoms with Crippen LogP contribution in [0.25, 0.3) is 0 Å². The fourth-order valence-corrected chi connectivity index (χ4v) is 4.47. The first-order chi connectivity index (χ1) is 10.3. The third kappa shape index (κ3) is 3.36. The summed E-state index contributed by atoms with van der Waals surface area (Å²) >= 11 is 0. The quantitative estimate of drug-likeness (QED) is 0.747. The van der Waals surface area contributed by atoms with Crippen LogP contribution >= 0.6 is 0 Å². The van der Waals surface area contributed by atoms with Crippen molar-refractivity contribution in [3.05, 3.63) is 0 Å². The van der Waals surface area contributed by atoms with E-state index in [2.05, 4.69) is 4.90 Å². The van der Waals surface area contributed by atoms with Crippen molar-refractivity contribution >= 4 is 12.1 Å². The molecule has 6 heteroatoms. The van der Waals surface area contributed by atoms with Crippen molar-refractivity contribution in [3.8, 4) is 0 Å². The summed E-state index contributed by atoms with van der Waals surface area (Å²) in [6.07, 6.45) is -0.316. The van der Waals surface area contributed by atoms with Crippen LogP contribution in [0, 0.1) is 17.8 Å². The summed E-state index contributed by atoms with van der Waals surface area (Å²) in [4.78, 5) is 24.6. The maximum Gasteiger partial charge on any atom is 0.450 e. The van der Waals surface area contributed by atoms with Gasteiger partial charge in [0, 0.05) is 24.4 Å². The second kappa shape index (κ2) is 6.69. The van der Waals surface area contributed by atoms with E-state index in [1.54, 1.807) is 0 Å². The molecular weight excluding hydrogens is 295 g/mol. The van der Waals surface area contributed by atoms with Crippen LogP contribution in [0.3, 0.4) is 0 Å². The van der Waals surface area contributed by atoms with E-state index in [-0.39, 0.29) is 23.9 Å². The fraction of sp³-hybridized carbons (Fsp3) is 0.875. The summed E-state index contributed by atoms with van der Waals surface area (Å²) in [7, 11) is 1.98. The highest BCUT2D eigenvalue weighted by atomic mass is 19.4. The number of alkyl halides is 3. The fourth-order valence-electron chi connectivity index (χ4n) is 4.47. The molecule has 22 heavy (non-hydrogen) atoms. The van der Waals surface area contributed by atoms with Gasteiger partial charge >= 0.3 is 6.18 Å². The zero-order chi connectivity index (χ0) is 16.5. The van der Waals surface area contributed by atoms with Gasteiger partial charge in [-0.25, -0.2) is 0 Å². The molecule has 0 aromatic heterocycles. The molecule has 2 rings (SSSR count). The second-order valence-electron chi connectivity index (χ2n) is 6.77. The van der Waals surface area contributed by atoms with Crippen molar-refractivity contribution in [2.75, 3.05) is 7.05 Å². The first-order valence-electron chi connectivity index (χ1n) is 8.04. The molecule has 1 aliphatic heterocycles. The van der Waals surface area contributed by atoms with Crippen LogP contribution in [-0.2, 0) is 9.59 Å². The molecule has 1 heterocycles. The van der Waals surface area contributed by atoms with Gasteiger partial charge in [-0.2, -0.15) is 13.2 Å². The number of carbonyl (C=O) groups excluding carboxylic acids is 2. The van der Waals surface area contributed by atoms with Gasteiger partial charge in [0.1, 0.15) is 6.29 Å². The lowest BCUT2D eigenvalue weighted by molar-refractivity contribution is -0.181. The van der Waals surface area contributed by atoms with Crippen LogP contribution in [0.2, 0.25) is 0 Å². The molecular formula is C16H24F3NO2. The predicted octanol–water partition coefficient (Wildman–Crippen LogP) is 3.22. The average Bonchev–Trinajstić information content (AvgIpc) is 2.47. The number of hydrogen-bond acceptors (Lipinski definition) is 3. The van der Waals surface area contributed by atoms with Gasteiger partial charge in [0.2, 0.25) is 5.78 Å². The van der Waals surface area contributed by atoms with Gasteiger partial charge < -0.3 is 9.69 Å². The van der Waals surface area contributed by atoms with Gasteiger partial charge in [0.05, 0.1) is 0 Å². The van der Waals surface area contributed by atoms with E-state index in [0.29, 0.717) is 32.1 Å². The zero-order valence-electron chi connectivity index (χ0n) is 13.1. The SMILES string of the molecule is CC1C2CCCC(C(=O)C(F)(F)F)C2CC(CCC=O)N1C. The lowest BCUT2D eigenvalue weighted by Gasteiger charge is -2.51. The molecule has 0 aromatic carbocycles. The average molecular weight is 319 g/mol. The van der Waals surface area contributed by atoms with E-state index in [1.165, 1.54) is 0 Å². The maximum absolute atomic E-state index is 12.9. The van der Waals surface area contributed by atoms with Crippen molar-refractivity contribution < 1.29 is 22.8 Å². The van der Waals surface area contributed by atoms with Gasteiger partial charge in [-0.15, -0.1) is 0 Å². The minimum Gasteiger partial charge on any atom is -0.303 e. The van der Waals surface area contributed by atoms with E-state index >= 15 is 0 Å². The van der Waals surface area contributed by atoms with E-state index in [4.69, 9.17) is 0 Å². The number of Topliss-reactive ketones (excluding diaryl/α,β-unsaturated/α-hetero) is 1. The lowest BCUT2D eigenvalue weighted by atomic mass is 9.63. The largest absolute Gasteiger partial charge is 0.450 e. The first-order valence-corrected chi connectivity index (χ1v) is 8.04. The van der Waals surface area contributed by atoms with Crippen molar-refractivity contribution in [3.63, 3.8) is 0 Å². The predicted molar refractivity (Wildman–Crippen MR) is 76.3 cm³/mol. The number of piperidine rings is 1. The summed E-state index contributed by atoms with van der Waals surface area (Å²) in [5.41, 5.74) is 0. The number of halogens is 3. The molecule has 1 saturated heterocycles. The summed E-state index contributed by atoms with van der Waals surface area (Å²) in [5.74, 6) is -2.50. The molecule has 1 aliphatic carbocycles. The molecule has 0 radical (unpaired) electrons. The minimum atomic E-state index is -4.74. The Morgan fingerprint density at radius 1 is 1.27 bits per heavy atom. The number of likely N-dealkylation sites (tertiary alicyclic amines) is 1. The number of nitrogens with zero attached hydrogens (tertiary/aromatic N) is 1. The number of hydrogen-bond donors (Lipinski definition) is 0. The van der Waals surface area contributed by atoms with Crippen molar-refractivity contribution in [1.82, 2.24) is 4.90 Å². The molecule has 3 nitrogen and oxygen atoms in total. The normalized spacial score (nSPS) is 36.7. The minimum absolute atomic E-state index is 0.0862. The van der Waals surface area contributed by atoms with Crippen LogP contribution in [0.4, 0.5) is 13.2 Å². The zero-order valence-corrected chi connectivity index (χ0v) is 13.1. The highest BCUT2D eigenvalue weighted by Gasteiger charge is 2.52. The molecule has 2 aliphatic rings. The van der Waals surface area contributed by atoms with Crippen molar-refractivity contribution in [1.29, 1.82) is 0 Å². The summed E-state index contributed by atoms with van der Waals surface area (Å²) in [6, 6.07) is 0.238. The topological polar surface area (TPSA) is 37.4 Å². The third-order valence-electron chi connectivity index (χ3n) is 5.74. The number of fused-ring (bicyclic) bond motifs is 1. The smallest absolute Gasteiger partial charge is 0.303 e. The molecule has 5 atom stereocenters. The highest BCUT2D eigenvalue weighted by Crippen LogP contribution is 2.47. The van der Waals surface area contributed by atoms with Crippen molar-refractivity contribution in [2.24, 2.45) is 17.8 Å². The van der Waals surface area contributed by atoms with Gasteiger partial charge in [-0.05, 0) is 51.5 Å². The molecule has 0 spiro atoms. The van der Waals surface area contributed by atoms with Gasteiger partial charge in [-0.3, -0.25) is 4.79 Å². The molecule has 0 amide bonds. The number of rotatable bonds is 4. The molecule has 0 N–H and O–H groups in total. The Morgan fingerprint density at radius 2 is 1.95 bits per heavy atom. The second-order valence-corrected chi connectivity index (χ2v) is 6.77. The molecule has 0 aromatic rings. The summed E-state index contributed by atoms with van der Waals surface area (Å²) < 4.78 is 38.6. The monoisotopic (exact) mass is 319 g/mol. The van der Waals surface area contributed by atoms with E-state index in [9.17, 15) is 22.8 Å². The summed E-state index contributed by atoms with van der Waals surface area (Å²) in [6.45, 7) is 2.03. The van der Waals surface area contributed by atoms with Gasteiger partial charge in [0.25, 0.3) is 0 Å². The molecule has 126 valence electrons. The molecule has 2 fully saturated rings.